The molecule has 1 saturated heterocycles. The molecule has 2 aromatic rings. The Morgan fingerprint density at radius 1 is 1.16 bits per heavy atom. The molecule has 5 heteroatoms. The molecule has 1 aliphatic heterocycles. The van der Waals surface area contributed by atoms with Crippen LogP contribution in [0.3, 0.4) is 0 Å². The third kappa shape index (κ3) is 4.21. The van der Waals surface area contributed by atoms with E-state index in [-0.39, 0.29) is 24.1 Å². The molecule has 0 bridgehead atoms. The van der Waals surface area contributed by atoms with E-state index in [1.165, 1.54) is 18.9 Å². The lowest BCUT2D eigenvalue weighted by molar-refractivity contribution is -0.133. The minimum absolute atomic E-state index is 0.0133. The van der Waals surface area contributed by atoms with E-state index in [0.29, 0.717) is 11.3 Å². The quantitative estimate of drug-likeness (QED) is 0.794. The molecule has 1 aliphatic rings. The van der Waals surface area contributed by atoms with Crippen molar-refractivity contribution < 1.29 is 13.9 Å². The molecule has 0 spiro atoms. The number of rotatable bonds is 4. The molecule has 0 N–H and O–H groups in total. The minimum Gasteiger partial charge on any atom is -0.484 e. The molecular weight excluding hydrogens is 318 g/mol. The van der Waals surface area contributed by atoms with Crippen molar-refractivity contribution in [2.75, 3.05) is 19.7 Å². The molecule has 134 valence electrons. The van der Waals surface area contributed by atoms with Gasteiger partial charge in [0.2, 0.25) is 0 Å². The third-order valence-electron chi connectivity index (χ3n) is 4.69. The molecule has 0 saturated carbocycles. The summed E-state index contributed by atoms with van der Waals surface area (Å²) in [6, 6.07) is 6.94. The van der Waals surface area contributed by atoms with Crippen LogP contribution in [-0.4, -0.2) is 30.5 Å². The number of ether oxygens (including phenoxy) is 1. The highest BCUT2D eigenvalue weighted by Gasteiger charge is 2.16. The average molecular weight is 343 g/mol. The summed E-state index contributed by atoms with van der Waals surface area (Å²) in [6.07, 6.45) is 4.49. The van der Waals surface area contributed by atoms with E-state index in [4.69, 9.17) is 9.15 Å². The second-order valence-electron chi connectivity index (χ2n) is 6.92. The Labute approximate surface area is 147 Å². The van der Waals surface area contributed by atoms with E-state index in [1.54, 1.807) is 6.07 Å². The first-order chi connectivity index (χ1) is 12.0. The van der Waals surface area contributed by atoms with Crippen LogP contribution in [0.1, 0.15) is 51.0 Å². The smallest absolute Gasteiger partial charge is 0.336 e. The van der Waals surface area contributed by atoms with Gasteiger partial charge in [-0.1, -0.05) is 26.7 Å². The maximum Gasteiger partial charge on any atom is 0.336 e. The van der Waals surface area contributed by atoms with Crippen LogP contribution in [0.5, 0.6) is 5.75 Å². The van der Waals surface area contributed by atoms with Crippen molar-refractivity contribution in [2.24, 2.45) is 0 Å². The highest BCUT2D eigenvalue weighted by molar-refractivity contribution is 5.82. The van der Waals surface area contributed by atoms with E-state index in [0.717, 1.165) is 36.9 Å². The van der Waals surface area contributed by atoms with Crippen LogP contribution in [0.15, 0.2) is 33.5 Å². The normalized spacial score (nSPS) is 15.4. The molecule has 25 heavy (non-hydrogen) atoms. The predicted molar refractivity (Wildman–Crippen MR) is 97.1 cm³/mol. The van der Waals surface area contributed by atoms with E-state index in [2.05, 4.69) is 0 Å². The van der Waals surface area contributed by atoms with Gasteiger partial charge in [-0.2, -0.15) is 0 Å². The van der Waals surface area contributed by atoms with Crippen LogP contribution in [0.4, 0.5) is 0 Å². The van der Waals surface area contributed by atoms with Gasteiger partial charge in [-0.25, -0.2) is 4.79 Å². The van der Waals surface area contributed by atoms with Crippen LogP contribution in [0.2, 0.25) is 0 Å². The first-order valence-electron chi connectivity index (χ1n) is 9.03. The molecule has 1 aromatic heterocycles. The SMILES string of the molecule is CC(C)c1cc(=O)oc2cc(OCC(=O)N3CCCCCC3)ccc12. The Hall–Kier alpha value is -2.30. The second kappa shape index (κ2) is 7.72. The Bertz CT molecular complexity index is 801. The molecule has 1 aromatic carbocycles. The first-order valence-corrected chi connectivity index (χ1v) is 9.03. The molecule has 3 rings (SSSR count). The summed E-state index contributed by atoms with van der Waals surface area (Å²) in [5, 5.41) is 0.904. The maximum absolute atomic E-state index is 12.3. The summed E-state index contributed by atoms with van der Waals surface area (Å²) in [5.41, 5.74) is 1.09. The van der Waals surface area contributed by atoms with E-state index < -0.39 is 0 Å². The zero-order valence-electron chi connectivity index (χ0n) is 14.9. The lowest BCUT2D eigenvalue weighted by Crippen LogP contribution is -2.35. The van der Waals surface area contributed by atoms with Gasteiger partial charge in [0.15, 0.2) is 6.61 Å². The molecule has 5 nitrogen and oxygen atoms in total. The van der Waals surface area contributed by atoms with Crippen molar-refractivity contribution in [3.05, 3.63) is 40.2 Å². The van der Waals surface area contributed by atoms with Crippen molar-refractivity contribution in [1.29, 1.82) is 0 Å². The summed E-state index contributed by atoms with van der Waals surface area (Å²) in [5.74, 6) is 0.780. The molecule has 2 heterocycles. The predicted octanol–water partition coefficient (Wildman–Crippen LogP) is 3.70. The van der Waals surface area contributed by atoms with Crippen LogP contribution >= 0.6 is 0 Å². The molecule has 1 amide bonds. The number of nitrogens with zero attached hydrogens (tertiary/aromatic N) is 1. The van der Waals surface area contributed by atoms with Gasteiger partial charge in [-0.05, 0) is 36.5 Å². The minimum atomic E-state index is -0.367. The third-order valence-corrected chi connectivity index (χ3v) is 4.69. The topological polar surface area (TPSA) is 59.8 Å². The zero-order chi connectivity index (χ0) is 17.8. The van der Waals surface area contributed by atoms with Crippen molar-refractivity contribution in [3.63, 3.8) is 0 Å². The van der Waals surface area contributed by atoms with Gasteiger partial charge in [0.25, 0.3) is 5.91 Å². The van der Waals surface area contributed by atoms with Gasteiger partial charge in [0, 0.05) is 30.6 Å². The van der Waals surface area contributed by atoms with Crippen molar-refractivity contribution in [3.8, 4) is 5.75 Å². The fourth-order valence-electron chi connectivity index (χ4n) is 3.29. The molecule has 0 aliphatic carbocycles. The van der Waals surface area contributed by atoms with Gasteiger partial charge in [-0.15, -0.1) is 0 Å². The van der Waals surface area contributed by atoms with Crippen molar-refractivity contribution in [2.45, 2.75) is 45.4 Å². The molecule has 0 radical (unpaired) electrons. The second-order valence-corrected chi connectivity index (χ2v) is 6.92. The Kier molecular flexibility index (Phi) is 5.41. The Balaban J connectivity index is 1.73. The van der Waals surface area contributed by atoms with Crippen molar-refractivity contribution in [1.82, 2.24) is 4.90 Å². The Morgan fingerprint density at radius 2 is 1.88 bits per heavy atom. The number of hydrogen-bond donors (Lipinski definition) is 0. The summed E-state index contributed by atoms with van der Waals surface area (Å²) in [7, 11) is 0. The largest absolute Gasteiger partial charge is 0.484 e. The van der Waals surface area contributed by atoms with Crippen LogP contribution < -0.4 is 10.4 Å². The maximum atomic E-state index is 12.3. The number of benzene rings is 1. The van der Waals surface area contributed by atoms with Gasteiger partial charge in [0.05, 0.1) is 0 Å². The van der Waals surface area contributed by atoms with Crippen molar-refractivity contribution >= 4 is 16.9 Å². The summed E-state index contributed by atoms with van der Waals surface area (Å²) in [6.45, 7) is 5.72. The molecule has 0 atom stereocenters. The van der Waals surface area contributed by atoms with E-state index in [9.17, 15) is 9.59 Å². The molecular formula is C20H25NO4. The number of fused-ring (bicyclic) bond motifs is 1. The summed E-state index contributed by atoms with van der Waals surface area (Å²) in [4.78, 5) is 25.9. The first kappa shape index (κ1) is 17.5. The lowest BCUT2D eigenvalue weighted by atomic mass is 10.00. The number of likely N-dealkylation sites (tertiary alicyclic amines) is 1. The standard InChI is InChI=1S/C20H25NO4/c1-14(2)17-12-20(23)25-18-11-15(7-8-16(17)18)24-13-19(22)21-9-5-3-4-6-10-21/h7-8,11-12,14H,3-6,9-10,13H2,1-2H3. The highest BCUT2D eigenvalue weighted by Crippen LogP contribution is 2.27. The van der Waals surface area contributed by atoms with E-state index >= 15 is 0 Å². The number of amides is 1. The fourth-order valence-corrected chi connectivity index (χ4v) is 3.29. The molecule has 0 unspecified atom stereocenters. The van der Waals surface area contributed by atoms with Crippen LogP contribution in [0.25, 0.3) is 11.0 Å². The Morgan fingerprint density at radius 3 is 2.56 bits per heavy atom. The zero-order valence-corrected chi connectivity index (χ0v) is 14.9. The summed E-state index contributed by atoms with van der Waals surface area (Å²) >= 11 is 0. The average Bonchev–Trinajstić information content (AvgIpc) is 2.87. The summed E-state index contributed by atoms with van der Waals surface area (Å²) < 4.78 is 11.0. The highest BCUT2D eigenvalue weighted by atomic mass is 16.5. The lowest BCUT2D eigenvalue weighted by Gasteiger charge is -2.20. The van der Waals surface area contributed by atoms with Crippen LogP contribution in [-0.2, 0) is 4.79 Å². The number of carbonyl (C=O) groups is 1. The van der Waals surface area contributed by atoms with Gasteiger partial charge < -0.3 is 14.1 Å². The van der Waals surface area contributed by atoms with Gasteiger partial charge in [0.1, 0.15) is 11.3 Å². The van der Waals surface area contributed by atoms with Gasteiger partial charge in [-0.3, -0.25) is 4.79 Å². The number of carbonyl (C=O) groups excluding carboxylic acids is 1. The number of hydrogen-bond acceptors (Lipinski definition) is 4. The van der Waals surface area contributed by atoms with Crippen LogP contribution in [0, 0.1) is 0 Å². The van der Waals surface area contributed by atoms with Gasteiger partial charge >= 0.3 is 5.63 Å². The van der Waals surface area contributed by atoms with E-state index in [1.807, 2.05) is 30.9 Å². The monoisotopic (exact) mass is 343 g/mol. The molecule has 1 fully saturated rings. The fraction of sp³-hybridized carbons (Fsp3) is 0.500.